The minimum atomic E-state index is 0.465. The van der Waals surface area contributed by atoms with Gasteiger partial charge in [0, 0.05) is 23.2 Å². The Bertz CT molecular complexity index is 868. The number of hydrogen-bond donors (Lipinski definition) is 2. The van der Waals surface area contributed by atoms with Crippen molar-refractivity contribution in [2.24, 2.45) is 5.92 Å². The predicted molar refractivity (Wildman–Crippen MR) is 90.8 cm³/mol. The van der Waals surface area contributed by atoms with Crippen molar-refractivity contribution in [2.45, 2.75) is 31.8 Å². The average molecular weight is 326 g/mol. The largest absolute Gasteiger partial charge is 0.364 e. The van der Waals surface area contributed by atoms with Crippen LogP contribution in [0.5, 0.6) is 0 Å². The Morgan fingerprint density at radius 3 is 3.09 bits per heavy atom. The fraction of sp³-hybridized carbons (Fsp3) is 0.438. The summed E-state index contributed by atoms with van der Waals surface area (Å²) >= 11 is 1.69. The Morgan fingerprint density at radius 2 is 2.26 bits per heavy atom. The van der Waals surface area contributed by atoms with Crippen LogP contribution >= 0.6 is 11.3 Å². The van der Waals surface area contributed by atoms with E-state index >= 15 is 0 Å². The quantitative estimate of drug-likeness (QED) is 0.773. The monoisotopic (exact) mass is 326 g/mol. The number of anilines is 1. The van der Waals surface area contributed by atoms with Gasteiger partial charge in [0.25, 0.3) is 0 Å². The molecule has 1 saturated heterocycles. The number of nitrogens with one attached hydrogen (secondary N) is 2. The van der Waals surface area contributed by atoms with Gasteiger partial charge in [0.15, 0.2) is 4.96 Å². The summed E-state index contributed by atoms with van der Waals surface area (Å²) in [5, 5.41) is 7.14. The molecule has 3 aromatic rings. The zero-order valence-electron chi connectivity index (χ0n) is 12.9. The maximum atomic E-state index is 4.76. The molecular formula is C16H18N6S. The van der Waals surface area contributed by atoms with Crippen LogP contribution < -0.4 is 10.6 Å². The lowest BCUT2D eigenvalue weighted by molar-refractivity contribution is 0.465. The molecule has 1 aliphatic heterocycles. The van der Waals surface area contributed by atoms with Crippen molar-refractivity contribution < 1.29 is 0 Å². The van der Waals surface area contributed by atoms with E-state index in [0.717, 1.165) is 28.1 Å². The molecule has 23 heavy (non-hydrogen) atoms. The van der Waals surface area contributed by atoms with Crippen LogP contribution in [-0.2, 0) is 0 Å². The van der Waals surface area contributed by atoms with Crippen molar-refractivity contribution in [3.05, 3.63) is 29.7 Å². The van der Waals surface area contributed by atoms with Gasteiger partial charge in [-0.25, -0.2) is 9.97 Å². The van der Waals surface area contributed by atoms with E-state index in [0.29, 0.717) is 12.1 Å². The second kappa shape index (κ2) is 5.01. The third-order valence-corrected chi connectivity index (χ3v) is 5.80. The zero-order valence-corrected chi connectivity index (χ0v) is 13.7. The summed E-state index contributed by atoms with van der Waals surface area (Å²) in [5.41, 5.74) is 1.85. The predicted octanol–water partition coefficient (Wildman–Crippen LogP) is 2.32. The van der Waals surface area contributed by atoms with Crippen molar-refractivity contribution in [3.8, 4) is 11.4 Å². The SMILES string of the molecule is Cc1cn2c(-c3cncc(N[C@@H]4C[C@H]5CN[C@@H]4C5)n3)cnc2s1. The standard InChI is InChI=1S/C16H18N6S/c1-9-8-22-14(6-19-16(22)23-9)13-5-17-7-15(21-13)20-12-3-10-2-11(12)18-4-10/h5-8,10-12,18H,2-4H2,1H3,(H,20,21)/t10-,11+,12+/m0/s1. The molecule has 3 atom stereocenters. The molecule has 2 bridgehead atoms. The number of rotatable bonds is 3. The number of aromatic nitrogens is 4. The number of fused-ring (bicyclic) bond motifs is 3. The number of thiazole rings is 1. The summed E-state index contributed by atoms with van der Waals surface area (Å²) in [6.45, 7) is 3.26. The van der Waals surface area contributed by atoms with Crippen LogP contribution in [0.25, 0.3) is 16.3 Å². The van der Waals surface area contributed by atoms with Gasteiger partial charge in [-0.2, -0.15) is 0 Å². The van der Waals surface area contributed by atoms with Gasteiger partial charge in [-0.1, -0.05) is 0 Å². The van der Waals surface area contributed by atoms with Gasteiger partial charge in [0.1, 0.15) is 11.5 Å². The first kappa shape index (κ1) is 13.4. The summed E-state index contributed by atoms with van der Waals surface area (Å²) in [6, 6.07) is 1.04. The Hall–Kier alpha value is -1.99. The van der Waals surface area contributed by atoms with Crippen LogP contribution in [0.1, 0.15) is 17.7 Å². The smallest absolute Gasteiger partial charge is 0.194 e. The Balaban J connectivity index is 1.45. The van der Waals surface area contributed by atoms with Crippen molar-refractivity contribution in [1.82, 2.24) is 24.7 Å². The van der Waals surface area contributed by atoms with Gasteiger partial charge in [-0.3, -0.25) is 9.38 Å². The summed E-state index contributed by atoms with van der Waals surface area (Å²) in [4.78, 5) is 15.8. The van der Waals surface area contributed by atoms with E-state index < -0.39 is 0 Å². The van der Waals surface area contributed by atoms with Crippen LogP contribution in [-0.4, -0.2) is 38.0 Å². The van der Waals surface area contributed by atoms with Crippen LogP contribution in [0.3, 0.4) is 0 Å². The molecule has 2 N–H and O–H groups in total. The third kappa shape index (κ3) is 2.22. The molecule has 0 radical (unpaired) electrons. The number of piperidine rings is 1. The maximum absolute atomic E-state index is 4.76. The lowest BCUT2D eigenvalue weighted by Crippen LogP contribution is -2.41. The number of hydrogen-bond acceptors (Lipinski definition) is 6. The fourth-order valence-corrected chi connectivity index (χ4v) is 4.65. The molecule has 1 aliphatic carbocycles. The summed E-state index contributed by atoms with van der Waals surface area (Å²) in [7, 11) is 0. The van der Waals surface area contributed by atoms with E-state index in [2.05, 4.69) is 38.1 Å². The molecule has 6 nitrogen and oxygen atoms in total. The third-order valence-electron chi connectivity index (χ3n) is 4.89. The molecule has 2 aliphatic rings. The first-order chi connectivity index (χ1) is 11.3. The van der Waals surface area contributed by atoms with E-state index in [-0.39, 0.29) is 0 Å². The van der Waals surface area contributed by atoms with Gasteiger partial charge >= 0.3 is 0 Å². The first-order valence-corrected chi connectivity index (χ1v) is 8.84. The molecule has 0 spiro atoms. The average Bonchev–Trinajstić information content (AvgIpc) is 3.28. The van der Waals surface area contributed by atoms with Crippen LogP contribution in [0.15, 0.2) is 24.8 Å². The minimum absolute atomic E-state index is 0.465. The number of nitrogens with zero attached hydrogens (tertiary/aromatic N) is 4. The van der Waals surface area contributed by atoms with Crippen LogP contribution in [0.4, 0.5) is 5.82 Å². The Labute approximate surface area is 138 Å². The van der Waals surface area contributed by atoms with E-state index in [9.17, 15) is 0 Å². The second-order valence-electron chi connectivity index (χ2n) is 6.53. The second-order valence-corrected chi connectivity index (χ2v) is 7.74. The molecule has 7 heteroatoms. The normalized spacial score (nSPS) is 26.2. The molecule has 3 aromatic heterocycles. The van der Waals surface area contributed by atoms with Gasteiger partial charge in [-0.05, 0) is 32.2 Å². The van der Waals surface area contributed by atoms with Crippen molar-refractivity contribution in [1.29, 1.82) is 0 Å². The first-order valence-electron chi connectivity index (χ1n) is 8.02. The lowest BCUT2D eigenvalue weighted by atomic mass is 10.1. The highest BCUT2D eigenvalue weighted by Crippen LogP contribution is 2.33. The van der Waals surface area contributed by atoms with E-state index in [1.54, 1.807) is 17.5 Å². The highest BCUT2D eigenvalue weighted by molar-refractivity contribution is 7.17. The van der Waals surface area contributed by atoms with Gasteiger partial charge in [0.05, 0.1) is 24.3 Å². The van der Waals surface area contributed by atoms with Crippen molar-refractivity contribution in [2.75, 3.05) is 11.9 Å². The Morgan fingerprint density at radius 1 is 1.30 bits per heavy atom. The molecule has 0 amide bonds. The zero-order chi connectivity index (χ0) is 15.4. The summed E-state index contributed by atoms with van der Waals surface area (Å²) in [5.74, 6) is 1.67. The molecule has 0 aromatic carbocycles. The molecule has 5 rings (SSSR count). The summed E-state index contributed by atoms with van der Waals surface area (Å²) < 4.78 is 2.09. The van der Waals surface area contributed by atoms with E-state index in [1.165, 1.54) is 24.3 Å². The van der Waals surface area contributed by atoms with Gasteiger partial charge in [-0.15, -0.1) is 11.3 Å². The van der Waals surface area contributed by atoms with Crippen LogP contribution in [0, 0.1) is 12.8 Å². The number of aryl methyl sites for hydroxylation is 1. The molecule has 0 unspecified atom stereocenters. The van der Waals surface area contributed by atoms with E-state index in [4.69, 9.17) is 4.98 Å². The lowest BCUT2D eigenvalue weighted by Gasteiger charge is -2.24. The fourth-order valence-electron chi connectivity index (χ4n) is 3.85. The van der Waals surface area contributed by atoms with Gasteiger partial charge in [0.2, 0.25) is 0 Å². The molecule has 1 saturated carbocycles. The highest BCUT2D eigenvalue weighted by Gasteiger charge is 2.39. The maximum Gasteiger partial charge on any atom is 0.194 e. The van der Waals surface area contributed by atoms with Crippen molar-refractivity contribution >= 4 is 22.1 Å². The molecule has 118 valence electrons. The topological polar surface area (TPSA) is 67.1 Å². The molecule has 2 fully saturated rings. The summed E-state index contributed by atoms with van der Waals surface area (Å²) in [6.07, 6.45) is 10.1. The highest BCUT2D eigenvalue weighted by atomic mass is 32.1. The van der Waals surface area contributed by atoms with E-state index in [1.807, 2.05) is 12.4 Å². The Kier molecular flexibility index (Phi) is 2.93. The van der Waals surface area contributed by atoms with Gasteiger partial charge < -0.3 is 10.6 Å². The number of imidazole rings is 1. The molecular weight excluding hydrogens is 308 g/mol. The van der Waals surface area contributed by atoms with Crippen LogP contribution in [0.2, 0.25) is 0 Å². The minimum Gasteiger partial charge on any atom is -0.364 e. The molecule has 4 heterocycles. The van der Waals surface area contributed by atoms with Crippen molar-refractivity contribution in [3.63, 3.8) is 0 Å².